The summed E-state index contributed by atoms with van der Waals surface area (Å²) in [6, 6.07) is 16.2. The number of carbonyl (C=O) groups excluding carboxylic acids is 1. The standard InChI is InChI=1S/C22H19N3O3/c1-2-11-27-18-7-3-5-15(12-18)21(26)24-17-8-9-20-19(13-17)25-22(28-20)16-6-4-10-23-14-16/h3-10,12-14H,2,11H2,1H3,(H,24,26). The second-order valence-electron chi connectivity index (χ2n) is 6.27. The summed E-state index contributed by atoms with van der Waals surface area (Å²) < 4.78 is 11.4. The van der Waals surface area contributed by atoms with Crippen LogP contribution in [-0.2, 0) is 0 Å². The molecule has 0 saturated carbocycles. The molecular weight excluding hydrogens is 354 g/mol. The van der Waals surface area contributed by atoms with Gasteiger partial charge >= 0.3 is 0 Å². The Hall–Kier alpha value is -3.67. The molecule has 2 aromatic carbocycles. The molecule has 2 heterocycles. The molecule has 2 aromatic heterocycles. The maximum atomic E-state index is 12.6. The number of carbonyl (C=O) groups is 1. The monoisotopic (exact) mass is 373 g/mol. The van der Waals surface area contributed by atoms with Gasteiger partial charge in [-0.3, -0.25) is 9.78 Å². The fourth-order valence-electron chi connectivity index (χ4n) is 2.77. The van der Waals surface area contributed by atoms with E-state index in [9.17, 15) is 4.79 Å². The number of benzene rings is 2. The number of oxazole rings is 1. The van der Waals surface area contributed by atoms with E-state index in [0.717, 1.165) is 12.0 Å². The van der Waals surface area contributed by atoms with Gasteiger partial charge in [0, 0.05) is 23.6 Å². The zero-order chi connectivity index (χ0) is 19.3. The van der Waals surface area contributed by atoms with Crippen LogP contribution in [0.5, 0.6) is 5.75 Å². The van der Waals surface area contributed by atoms with E-state index < -0.39 is 0 Å². The Kier molecular flexibility index (Phi) is 5.01. The molecule has 0 unspecified atom stereocenters. The van der Waals surface area contributed by atoms with Gasteiger partial charge in [0.2, 0.25) is 5.89 Å². The minimum atomic E-state index is -0.211. The summed E-state index contributed by atoms with van der Waals surface area (Å²) in [5.41, 5.74) is 3.28. The predicted molar refractivity (Wildman–Crippen MR) is 107 cm³/mol. The van der Waals surface area contributed by atoms with Crippen LogP contribution < -0.4 is 10.1 Å². The average Bonchev–Trinajstić information content (AvgIpc) is 3.16. The van der Waals surface area contributed by atoms with Gasteiger partial charge in [-0.15, -0.1) is 0 Å². The third-order valence-electron chi connectivity index (χ3n) is 4.12. The number of ether oxygens (including phenoxy) is 1. The molecule has 0 fully saturated rings. The minimum absolute atomic E-state index is 0.211. The highest BCUT2D eigenvalue weighted by molar-refractivity contribution is 6.05. The Labute approximate surface area is 162 Å². The number of fused-ring (bicyclic) bond motifs is 1. The topological polar surface area (TPSA) is 77.2 Å². The molecule has 0 saturated heterocycles. The molecule has 0 radical (unpaired) electrons. The Morgan fingerprint density at radius 3 is 2.89 bits per heavy atom. The summed E-state index contributed by atoms with van der Waals surface area (Å²) in [5.74, 6) is 0.965. The largest absolute Gasteiger partial charge is 0.494 e. The van der Waals surface area contributed by atoms with Crippen LogP contribution in [0, 0.1) is 0 Å². The lowest BCUT2D eigenvalue weighted by Crippen LogP contribution is -2.12. The van der Waals surface area contributed by atoms with Crippen molar-refractivity contribution in [3.8, 4) is 17.2 Å². The molecule has 1 amide bonds. The molecular formula is C22H19N3O3. The highest BCUT2D eigenvalue weighted by Crippen LogP contribution is 2.26. The van der Waals surface area contributed by atoms with Crippen LogP contribution in [-0.4, -0.2) is 22.5 Å². The van der Waals surface area contributed by atoms with Crippen molar-refractivity contribution in [3.63, 3.8) is 0 Å². The summed E-state index contributed by atoms with van der Waals surface area (Å²) >= 11 is 0. The maximum Gasteiger partial charge on any atom is 0.255 e. The first-order valence-corrected chi connectivity index (χ1v) is 9.08. The number of anilines is 1. The van der Waals surface area contributed by atoms with Gasteiger partial charge in [0.05, 0.1) is 12.2 Å². The molecule has 0 aliphatic heterocycles. The summed E-state index contributed by atoms with van der Waals surface area (Å²) in [6.07, 6.45) is 4.30. The lowest BCUT2D eigenvalue weighted by atomic mass is 10.2. The third kappa shape index (κ3) is 3.86. The molecule has 6 nitrogen and oxygen atoms in total. The van der Waals surface area contributed by atoms with E-state index in [1.54, 1.807) is 48.8 Å². The number of hydrogen-bond donors (Lipinski definition) is 1. The number of hydrogen-bond acceptors (Lipinski definition) is 5. The smallest absolute Gasteiger partial charge is 0.255 e. The number of aromatic nitrogens is 2. The zero-order valence-electron chi connectivity index (χ0n) is 15.4. The van der Waals surface area contributed by atoms with Gasteiger partial charge in [0.25, 0.3) is 5.91 Å². The summed E-state index contributed by atoms with van der Waals surface area (Å²) in [7, 11) is 0. The SMILES string of the molecule is CCCOc1cccc(C(=O)Nc2ccc3oc(-c4cccnc4)nc3c2)c1. The number of nitrogens with zero attached hydrogens (tertiary/aromatic N) is 2. The fraction of sp³-hybridized carbons (Fsp3) is 0.136. The number of rotatable bonds is 6. The molecule has 28 heavy (non-hydrogen) atoms. The molecule has 0 spiro atoms. The van der Waals surface area contributed by atoms with Crippen LogP contribution >= 0.6 is 0 Å². The van der Waals surface area contributed by atoms with Crippen molar-refractivity contribution in [2.45, 2.75) is 13.3 Å². The first-order valence-electron chi connectivity index (χ1n) is 9.08. The zero-order valence-corrected chi connectivity index (χ0v) is 15.4. The summed E-state index contributed by atoms with van der Waals surface area (Å²) in [6.45, 7) is 2.66. The van der Waals surface area contributed by atoms with Gasteiger partial charge in [0.1, 0.15) is 11.3 Å². The van der Waals surface area contributed by atoms with E-state index >= 15 is 0 Å². The molecule has 140 valence electrons. The first kappa shape index (κ1) is 17.7. The molecule has 4 rings (SSSR count). The van der Waals surface area contributed by atoms with Crippen molar-refractivity contribution >= 4 is 22.7 Å². The number of amides is 1. The molecule has 0 atom stereocenters. The van der Waals surface area contributed by atoms with E-state index in [4.69, 9.17) is 9.15 Å². The van der Waals surface area contributed by atoms with Crippen LogP contribution in [0.4, 0.5) is 5.69 Å². The van der Waals surface area contributed by atoms with Crippen molar-refractivity contribution in [1.29, 1.82) is 0 Å². The third-order valence-corrected chi connectivity index (χ3v) is 4.12. The van der Waals surface area contributed by atoms with Crippen LogP contribution in [0.15, 0.2) is 71.4 Å². The number of nitrogens with one attached hydrogen (secondary N) is 1. The van der Waals surface area contributed by atoms with E-state index in [1.165, 1.54) is 0 Å². The minimum Gasteiger partial charge on any atom is -0.494 e. The van der Waals surface area contributed by atoms with E-state index in [2.05, 4.69) is 15.3 Å². The Morgan fingerprint density at radius 2 is 2.07 bits per heavy atom. The average molecular weight is 373 g/mol. The second-order valence-corrected chi connectivity index (χ2v) is 6.27. The van der Waals surface area contributed by atoms with Crippen molar-refractivity contribution in [3.05, 3.63) is 72.6 Å². The molecule has 6 heteroatoms. The van der Waals surface area contributed by atoms with Crippen LogP contribution in [0.25, 0.3) is 22.6 Å². The maximum absolute atomic E-state index is 12.6. The van der Waals surface area contributed by atoms with Gasteiger partial charge < -0.3 is 14.5 Å². The Morgan fingerprint density at radius 1 is 1.14 bits per heavy atom. The Balaban J connectivity index is 1.54. The van der Waals surface area contributed by atoms with Gasteiger partial charge in [-0.1, -0.05) is 13.0 Å². The highest BCUT2D eigenvalue weighted by Gasteiger charge is 2.11. The quantitative estimate of drug-likeness (QED) is 0.518. The number of pyridine rings is 1. The molecule has 0 bridgehead atoms. The molecule has 0 aliphatic rings. The van der Waals surface area contributed by atoms with E-state index in [-0.39, 0.29) is 5.91 Å². The van der Waals surface area contributed by atoms with Gasteiger partial charge in [-0.2, -0.15) is 0 Å². The van der Waals surface area contributed by atoms with Crippen LogP contribution in [0.2, 0.25) is 0 Å². The van der Waals surface area contributed by atoms with E-state index in [0.29, 0.717) is 40.6 Å². The van der Waals surface area contributed by atoms with Gasteiger partial charge in [-0.25, -0.2) is 4.98 Å². The molecule has 4 aromatic rings. The normalized spacial score (nSPS) is 10.8. The lowest BCUT2D eigenvalue weighted by Gasteiger charge is -2.08. The second kappa shape index (κ2) is 7.92. The van der Waals surface area contributed by atoms with Crippen molar-refractivity contribution in [2.24, 2.45) is 0 Å². The van der Waals surface area contributed by atoms with Crippen molar-refractivity contribution in [2.75, 3.05) is 11.9 Å². The van der Waals surface area contributed by atoms with Crippen molar-refractivity contribution in [1.82, 2.24) is 9.97 Å². The van der Waals surface area contributed by atoms with Gasteiger partial charge in [0.15, 0.2) is 5.58 Å². The predicted octanol–water partition coefficient (Wildman–Crippen LogP) is 4.93. The molecule has 0 aliphatic carbocycles. The lowest BCUT2D eigenvalue weighted by molar-refractivity contribution is 0.102. The van der Waals surface area contributed by atoms with Crippen LogP contribution in [0.1, 0.15) is 23.7 Å². The Bertz CT molecular complexity index is 1110. The summed E-state index contributed by atoms with van der Waals surface area (Å²) in [4.78, 5) is 21.2. The summed E-state index contributed by atoms with van der Waals surface area (Å²) in [5, 5.41) is 2.89. The highest BCUT2D eigenvalue weighted by atomic mass is 16.5. The van der Waals surface area contributed by atoms with E-state index in [1.807, 2.05) is 25.1 Å². The fourth-order valence-corrected chi connectivity index (χ4v) is 2.77. The van der Waals surface area contributed by atoms with Gasteiger partial charge in [-0.05, 0) is 55.0 Å². The first-order chi connectivity index (χ1) is 13.7. The van der Waals surface area contributed by atoms with Crippen LogP contribution in [0.3, 0.4) is 0 Å². The van der Waals surface area contributed by atoms with Crippen molar-refractivity contribution < 1.29 is 13.9 Å². The molecule has 1 N–H and O–H groups in total.